The second kappa shape index (κ2) is 9.07. The van der Waals surface area contributed by atoms with Crippen molar-refractivity contribution in [2.75, 3.05) is 32.8 Å². The number of carbonyl (C=O) groups is 2. The second-order valence-corrected chi connectivity index (χ2v) is 6.79. The zero-order valence-corrected chi connectivity index (χ0v) is 15.0. The summed E-state index contributed by atoms with van der Waals surface area (Å²) in [6.45, 7) is 3.39. The highest BCUT2D eigenvalue weighted by Gasteiger charge is 2.31. The van der Waals surface area contributed by atoms with E-state index in [1.54, 1.807) is 0 Å². The Labute approximate surface area is 155 Å². The Morgan fingerprint density at radius 2 is 1.93 bits per heavy atom. The van der Waals surface area contributed by atoms with Crippen LogP contribution in [0, 0.1) is 11.8 Å². The molecule has 0 bridgehead atoms. The Morgan fingerprint density at radius 3 is 2.52 bits per heavy atom. The molecule has 0 radical (unpaired) electrons. The lowest BCUT2D eigenvalue weighted by molar-refractivity contribution is -0.145. The first-order valence-corrected chi connectivity index (χ1v) is 8.67. The van der Waals surface area contributed by atoms with E-state index in [2.05, 4.69) is 5.32 Å². The first-order chi connectivity index (χ1) is 12.6. The van der Waals surface area contributed by atoms with Crippen molar-refractivity contribution in [3.63, 3.8) is 0 Å². The quantitative estimate of drug-likeness (QED) is 0.701. The number of nitrogens with zero attached hydrogens (tertiary/aromatic N) is 1. The van der Waals surface area contributed by atoms with Crippen LogP contribution in [0.15, 0.2) is 24.3 Å². The highest BCUT2D eigenvalue weighted by molar-refractivity contribution is 5.78. The fraction of sp³-hybridized carbons (Fsp3) is 0.556. The van der Waals surface area contributed by atoms with E-state index in [9.17, 15) is 22.8 Å². The zero-order valence-electron chi connectivity index (χ0n) is 15.0. The van der Waals surface area contributed by atoms with Crippen molar-refractivity contribution in [2.24, 2.45) is 11.8 Å². The molecule has 150 valence electrons. The van der Waals surface area contributed by atoms with Crippen LogP contribution in [0.3, 0.4) is 0 Å². The van der Waals surface area contributed by atoms with Crippen molar-refractivity contribution in [2.45, 2.75) is 19.5 Å². The number of rotatable bonds is 7. The number of hydrogen-bond acceptors (Lipinski definition) is 4. The van der Waals surface area contributed by atoms with Gasteiger partial charge in [-0.25, -0.2) is 0 Å². The third-order valence-electron chi connectivity index (χ3n) is 4.33. The van der Waals surface area contributed by atoms with Crippen LogP contribution in [0.4, 0.5) is 13.2 Å². The molecule has 0 aromatic heterocycles. The number of halogens is 3. The fourth-order valence-corrected chi connectivity index (χ4v) is 3.13. The largest absolute Gasteiger partial charge is 0.492 e. The standard InChI is InChI=1S/C18H23F3N2O4/c1-12-8-13(17(25)26)10-23(9-12)11-16(24)22-6-7-27-15-4-2-14(3-5-15)18(19,20)21/h2-5,12-13H,6-11H2,1H3,(H,22,24)(H,25,26). The van der Waals surface area contributed by atoms with Crippen LogP contribution in [-0.4, -0.2) is 54.7 Å². The number of amides is 1. The van der Waals surface area contributed by atoms with Crippen LogP contribution >= 0.6 is 0 Å². The van der Waals surface area contributed by atoms with Gasteiger partial charge in [0, 0.05) is 13.1 Å². The highest BCUT2D eigenvalue weighted by atomic mass is 19.4. The maximum atomic E-state index is 12.5. The molecule has 0 aliphatic carbocycles. The minimum absolute atomic E-state index is 0.106. The number of piperidine rings is 1. The number of carboxylic acid groups (broad SMARTS) is 1. The molecule has 6 nitrogen and oxygen atoms in total. The highest BCUT2D eigenvalue weighted by Crippen LogP contribution is 2.30. The molecule has 9 heteroatoms. The van der Waals surface area contributed by atoms with E-state index in [1.165, 1.54) is 12.1 Å². The van der Waals surface area contributed by atoms with E-state index in [1.807, 2.05) is 11.8 Å². The first kappa shape index (κ1) is 21.0. The Kier molecular flexibility index (Phi) is 7.06. The summed E-state index contributed by atoms with van der Waals surface area (Å²) in [6, 6.07) is 4.33. The maximum Gasteiger partial charge on any atom is 0.416 e. The van der Waals surface area contributed by atoms with Crippen molar-refractivity contribution in [3.05, 3.63) is 29.8 Å². The molecule has 2 N–H and O–H groups in total. The molecule has 1 fully saturated rings. The number of benzene rings is 1. The summed E-state index contributed by atoms with van der Waals surface area (Å²) in [6.07, 6.45) is -3.79. The summed E-state index contributed by atoms with van der Waals surface area (Å²) in [4.78, 5) is 24.9. The summed E-state index contributed by atoms with van der Waals surface area (Å²) in [5, 5.41) is 11.8. The Morgan fingerprint density at radius 1 is 1.26 bits per heavy atom. The van der Waals surface area contributed by atoms with Crippen molar-refractivity contribution in [3.8, 4) is 5.75 Å². The predicted octanol–water partition coefficient (Wildman–Crippen LogP) is 2.24. The molecule has 2 rings (SSSR count). The number of carboxylic acids is 1. The average molecular weight is 388 g/mol. The number of ether oxygens (including phenoxy) is 1. The van der Waals surface area contributed by atoms with Crippen LogP contribution < -0.4 is 10.1 Å². The third-order valence-corrected chi connectivity index (χ3v) is 4.33. The second-order valence-electron chi connectivity index (χ2n) is 6.79. The van der Waals surface area contributed by atoms with Crippen molar-refractivity contribution < 1.29 is 32.6 Å². The average Bonchev–Trinajstić information content (AvgIpc) is 2.58. The molecule has 0 saturated carbocycles. The molecule has 1 aromatic rings. The van der Waals surface area contributed by atoms with Crippen molar-refractivity contribution >= 4 is 11.9 Å². The van der Waals surface area contributed by atoms with Gasteiger partial charge in [-0.3, -0.25) is 14.5 Å². The summed E-state index contributed by atoms with van der Waals surface area (Å²) in [5.74, 6) is -1.08. The van der Waals surface area contributed by atoms with Gasteiger partial charge in [-0.1, -0.05) is 6.92 Å². The first-order valence-electron chi connectivity index (χ1n) is 8.67. The van der Waals surface area contributed by atoms with E-state index >= 15 is 0 Å². The maximum absolute atomic E-state index is 12.5. The summed E-state index contributed by atoms with van der Waals surface area (Å²) < 4.78 is 42.7. The molecule has 0 spiro atoms. The van der Waals surface area contributed by atoms with Crippen molar-refractivity contribution in [1.29, 1.82) is 0 Å². The van der Waals surface area contributed by atoms with E-state index in [4.69, 9.17) is 9.84 Å². The normalized spacial score (nSPS) is 20.9. The van der Waals surface area contributed by atoms with E-state index in [0.29, 0.717) is 19.5 Å². The molecule has 1 aromatic carbocycles. The minimum atomic E-state index is -4.39. The number of likely N-dealkylation sites (tertiary alicyclic amines) is 1. The lowest BCUT2D eigenvalue weighted by Gasteiger charge is -2.34. The zero-order chi connectivity index (χ0) is 20.0. The van der Waals surface area contributed by atoms with Crippen LogP contribution in [0.25, 0.3) is 0 Å². The Bertz CT molecular complexity index is 649. The number of nitrogens with one attached hydrogen (secondary N) is 1. The van der Waals surface area contributed by atoms with Crippen LogP contribution in [0.1, 0.15) is 18.9 Å². The SMILES string of the molecule is CC1CC(C(=O)O)CN(CC(=O)NCCOc2ccc(C(F)(F)F)cc2)C1. The monoisotopic (exact) mass is 388 g/mol. The number of hydrogen-bond donors (Lipinski definition) is 2. The summed E-state index contributed by atoms with van der Waals surface area (Å²) >= 11 is 0. The molecule has 1 heterocycles. The minimum Gasteiger partial charge on any atom is -0.492 e. The van der Waals surface area contributed by atoms with Gasteiger partial charge in [0.2, 0.25) is 5.91 Å². The van der Waals surface area contributed by atoms with Crippen LogP contribution in [0.5, 0.6) is 5.75 Å². The van der Waals surface area contributed by atoms with Crippen LogP contribution in [-0.2, 0) is 15.8 Å². The van der Waals surface area contributed by atoms with Gasteiger partial charge in [-0.2, -0.15) is 13.2 Å². The van der Waals surface area contributed by atoms with Gasteiger partial charge in [0.05, 0.1) is 24.6 Å². The molecule has 1 saturated heterocycles. The predicted molar refractivity (Wildman–Crippen MR) is 91.3 cm³/mol. The van der Waals surface area contributed by atoms with Gasteiger partial charge in [0.15, 0.2) is 0 Å². The molecule has 1 aliphatic heterocycles. The molecule has 1 aliphatic rings. The van der Waals surface area contributed by atoms with E-state index in [-0.39, 0.29) is 37.3 Å². The van der Waals surface area contributed by atoms with Crippen LogP contribution in [0.2, 0.25) is 0 Å². The van der Waals surface area contributed by atoms with Gasteiger partial charge < -0.3 is 15.2 Å². The topological polar surface area (TPSA) is 78.9 Å². The number of aliphatic carboxylic acids is 1. The molecular formula is C18H23F3N2O4. The molecule has 2 unspecified atom stereocenters. The molecule has 1 amide bonds. The third kappa shape index (κ3) is 6.74. The smallest absolute Gasteiger partial charge is 0.416 e. The molecular weight excluding hydrogens is 365 g/mol. The lowest BCUT2D eigenvalue weighted by Crippen LogP contribution is -2.47. The Balaban J connectivity index is 1.69. The number of carbonyl (C=O) groups excluding carboxylic acids is 1. The van der Waals surface area contributed by atoms with Gasteiger partial charge in [0.1, 0.15) is 12.4 Å². The van der Waals surface area contributed by atoms with Gasteiger partial charge in [0.25, 0.3) is 0 Å². The Hall–Kier alpha value is -2.29. The summed E-state index contributed by atoms with van der Waals surface area (Å²) in [5.41, 5.74) is -0.751. The van der Waals surface area contributed by atoms with Crippen molar-refractivity contribution in [1.82, 2.24) is 10.2 Å². The van der Waals surface area contributed by atoms with E-state index in [0.717, 1.165) is 12.1 Å². The number of alkyl halides is 3. The lowest BCUT2D eigenvalue weighted by atomic mass is 9.90. The van der Waals surface area contributed by atoms with Gasteiger partial charge in [-0.15, -0.1) is 0 Å². The van der Waals surface area contributed by atoms with Gasteiger partial charge >= 0.3 is 12.1 Å². The van der Waals surface area contributed by atoms with Gasteiger partial charge in [-0.05, 0) is 36.6 Å². The fourth-order valence-electron chi connectivity index (χ4n) is 3.13. The summed E-state index contributed by atoms with van der Waals surface area (Å²) in [7, 11) is 0. The van der Waals surface area contributed by atoms with E-state index < -0.39 is 23.6 Å². The molecule has 2 atom stereocenters. The molecule has 27 heavy (non-hydrogen) atoms.